The number of nitrogens with zero attached hydrogens (tertiary/aromatic N) is 1. The van der Waals surface area contributed by atoms with E-state index in [2.05, 4.69) is 0 Å². The quantitative estimate of drug-likeness (QED) is 0.892. The molecule has 1 aromatic carbocycles. The molecule has 1 saturated heterocycles. The minimum absolute atomic E-state index is 0.0925. The molecule has 0 bridgehead atoms. The lowest BCUT2D eigenvalue weighted by molar-refractivity contribution is 0.108. The highest BCUT2D eigenvalue weighted by Crippen LogP contribution is 2.31. The van der Waals surface area contributed by atoms with Crippen LogP contribution in [0.25, 0.3) is 0 Å². The molecule has 1 atom stereocenters. The van der Waals surface area contributed by atoms with E-state index in [0.717, 1.165) is 0 Å². The largest absolute Gasteiger partial charge is 0.497 e. The van der Waals surface area contributed by atoms with E-state index in [-0.39, 0.29) is 17.2 Å². The predicted octanol–water partition coefficient (Wildman–Crippen LogP) is 0.849. The zero-order chi connectivity index (χ0) is 14.8. The molecule has 0 spiro atoms. The van der Waals surface area contributed by atoms with Gasteiger partial charge in [-0.1, -0.05) is 0 Å². The molecule has 0 radical (unpaired) electrons. The van der Waals surface area contributed by atoms with Gasteiger partial charge in [-0.05, 0) is 25.0 Å². The van der Waals surface area contributed by atoms with E-state index in [1.807, 2.05) is 0 Å². The van der Waals surface area contributed by atoms with E-state index in [4.69, 9.17) is 9.47 Å². The number of piperidine rings is 1. The molecule has 0 aromatic heterocycles. The smallest absolute Gasteiger partial charge is 0.246 e. The minimum Gasteiger partial charge on any atom is -0.497 e. The van der Waals surface area contributed by atoms with Gasteiger partial charge in [0.05, 0.1) is 20.3 Å². The summed E-state index contributed by atoms with van der Waals surface area (Å²) < 4.78 is 36.7. The van der Waals surface area contributed by atoms with Gasteiger partial charge in [-0.15, -0.1) is 0 Å². The molecule has 1 aliphatic heterocycles. The number of hydrogen-bond donors (Lipinski definition) is 1. The van der Waals surface area contributed by atoms with Crippen LogP contribution in [-0.4, -0.2) is 51.2 Å². The van der Waals surface area contributed by atoms with E-state index < -0.39 is 16.1 Å². The number of hydrogen-bond acceptors (Lipinski definition) is 5. The second-order valence-corrected chi connectivity index (χ2v) is 6.58. The number of aliphatic hydroxyl groups excluding tert-OH is 1. The molecule has 1 N–H and O–H groups in total. The first-order valence-corrected chi connectivity index (χ1v) is 7.83. The Kier molecular flexibility index (Phi) is 4.52. The summed E-state index contributed by atoms with van der Waals surface area (Å²) in [6.07, 6.45) is 0.674. The normalized spacial score (nSPS) is 20.6. The third-order valence-corrected chi connectivity index (χ3v) is 5.25. The monoisotopic (exact) mass is 301 g/mol. The summed E-state index contributed by atoms with van der Waals surface area (Å²) in [4.78, 5) is 0.0925. The van der Waals surface area contributed by atoms with E-state index in [0.29, 0.717) is 25.1 Å². The summed E-state index contributed by atoms with van der Waals surface area (Å²) in [5.41, 5.74) is 0. The van der Waals surface area contributed by atoms with Crippen LogP contribution in [0.1, 0.15) is 12.8 Å². The molecule has 2 rings (SSSR count). The first kappa shape index (κ1) is 15.1. The van der Waals surface area contributed by atoms with Crippen molar-refractivity contribution in [3.05, 3.63) is 18.2 Å². The highest BCUT2D eigenvalue weighted by Gasteiger charge is 2.31. The van der Waals surface area contributed by atoms with Crippen molar-refractivity contribution in [3.8, 4) is 11.5 Å². The van der Waals surface area contributed by atoms with Crippen LogP contribution in [0.4, 0.5) is 0 Å². The molecule has 0 saturated carbocycles. The Morgan fingerprint density at radius 3 is 2.65 bits per heavy atom. The van der Waals surface area contributed by atoms with Crippen molar-refractivity contribution >= 4 is 10.0 Å². The van der Waals surface area contributed by atoms with Gasteiger partial charge < -0.3 is 14.6 Å². The summed E-state index contributed by atoms with van der Waals surface area (Å²) >= 11 is 0. The number of methoxy groups -OCH3 is 2. The molecule has 0 aliphatic carbocycles. The predicted molar refractivity (Wildman–Crippen MR) is 73.5 cm³/mol. The summed E-state index contributed by atoms with van der Waals surface area (Å²) in [6, 6.07) is 4.58. The SMILES string of the molecule is COc1ccc(S(=O)(=O)N2CCCC(O)C2)c(OC)c1. The van der Waals surface area contributed by atoms with Gasteiger partial charge in [-0.2, -0.15) is 4.31 Å². The molecular formula is C13H19NO5S. The fourth-order valence-corrected chi connectivity index (χ4v) is 3.92. The Morgan fingerprint density at radius 1 is 1.30 bits per heavy atom. The van der Waals surface area contributed by atoms with E-state index >= 15 is 0 Å². The average Bonchev–Trinajstić information content (AvgIpc) is 2.46. The lowest BCUT2D eigenvalue weighted by Crippen LogP contribution is -2.42. The Morgan fingerprint density at radius 2 is 2.05 bits per heavy atom. The summed E-state index contributed by atoms with van der Waals surface area (Å²) in [6.45, 7) is 0.534. The topological polar surface area (TPSA) is 76.1 Å². The highest BCUT2D eigenvalue weighted by molar-refractivity contribution is 7.89. The third kappa shape index (κ3) is 2.89. The van der Waals surface area contributed by atoms with Gasteiger partial charge in [-0.25, -0.2) is 8.42 Å². The first-order valence-electron chi connectivity index (χ1n) is 6.39. The van der Waals surface area contributed by atoms with Crippen LogP contribution in [0.3, 0.4) is 0 Å². The lowest BCUT2D eigenvalue weighted by atomic mass is 10.1. The third-order valence-electron chi connectivity index (χ3n) is 3.35. The fraction of sp³-hybridized carbons (Fsp3) is 0.538. The van der Waals surface area contributed by atoms with Crippen LogP contribution in [0.5, 0.6) is 11.5 Å². The van der Waals surface area contributed by atoms with E-state index in [9.17, 15) is 13.5 Å². The highest BCUT2D eigenvalue weighted by atomic mass is 32.2. The number of sulfonamides is 1. The van der Waals surface area contributed by atoms with E-state index in [1.54, 1.807) is 6.07 Å². The molecule has 20 heavy (non-hydrogen) atoms. The van der Waals surface area contributed by atoms with Crippen molar-refractivity contribution in [2.45, 2.75) is 23.8 Å². The number of ether oxygens (including phenoxy) is 2. The van der Waals surface area contributed by atoms with Gasteiger partial charge in [0.15, 0.2) is 0 Å². The Balaban J connectivity index is 2.38. The summed E-state index contributed by atoms with van der Waals surface area (Å²) in [5, 5.41) is 9.64. The number of benzene rings is 1. The zero-order valence-electron chi connectivity index (χ0n) is 11.6. The van der Waals surface area contributed by atoms with Crippen molar-refractivity contribution in [2.24, 2.45) is 0 Å². The summed E-state index contributed by atoms with van der Waals surface area (Å²) in [5.74, 6) is 0.767. The standard InChI is InChI=1S/C13H19NO5S/c1-18-11-5-6-13(12(8-11)19-2)20(16,17)14-7-3-4-10(15)9-14/h5-6,8,10,15H,3-4,7,9H2,1-2H3. The molecule has 0 amide bonds. The molecule has 6 nitrogen and oxygen atoms in total. The molecular weight excluding hydrogens is 282 g/mol. The first-order chi connectivity index (χ1) is 9.48. The second kappa shape index (κ2) is 5.99. The minimum atomic E-state index is -3.67. The van der Waals surface area contributed by atoms with Crippen LogP contribution in [0.2, 0.25) is 0 Å². The van der Waals surface area contributed by atoms with Gasteiger partial charge in [-0.3, -0.25) is 0 Å². The van der Waals surface area contributed by atoms with Gasteiger partial charge in [0.1, 0.15) is 16.4 Å². The maximum atomic E-state index is 12.6. The Labute approximate surface area is 119 Å². The van der Waals surface area contributed by atoms with Gasteiger partial charge in [0, 0.05) is 19.2 Å². The molecule has 1 fully saturated rings. The molecule has 1 unspecified atom stereocenters. The maximum Gasteiger partial charge on any atom is 0.246 e. The number of rotatable bonds is 4. The van der Waals surface area contributed by atoms with Crippen molar-refractivity contribution < 1.29 is 23.0 Å². The molecule has 1 aromatic rings. The molecule has 1 aliphatic rings. The Bertz CT molecular complexity index is 572. The molecule has 1 heterocycles. The van der Waals surface area contributed by atoms with Crippen LogP contribution >= 0.6 is 0 Å². The van der Waals surface area contributed by atoms with Gasteiger partial charge in [0.25, 0.3) is 0 Å². The second-order valence-electron chi connectivity index (χ2n) is 4.68. The van der Waals surface area contributed by atoms with Gasteiger partial charge in [0.2, 0.25) is 10.0 Å². The summed E-state index contributed by atoms with van der Waals surface area (Å²) in [7, 11) is -0.750. The van der Waals surface area contributed by atoms with Gasteiger partial charge >= 0.3 is 0 Å². The van der Waals surface area contributed by atoms with Crippen molar-refractivity contribution in [1.82, 2.24) is 4.31 Å². The Hall–Kier alpha value is -1.31. The van der Waals surface area contributed by atoms with Crippen LogP contribution in [-0.2, 0) is 10.0 Å². The maximum absolute atomic E-state index is 12.6. The van der Waals surface area contributed by atoms with Crippen molar-refractivity contribution in [3.63, 3.8) is 0 Å². The van der Waals surface area contributed by atoms with Crippen LogP contribution in [0, 0.1) is 0 Å². The van der Waals surface area contributed by atoms with E-state index in [1.165, 1.54) is 30.7 Å². The van der Waals surface area contributed by atoms with Crippen LogP contribution < -0.4 is 9.47 Å². The van der Waals surface area contributed by atoms with Crippen molar-refractivity contribution in [2.75, 3.05) is 27.3 Å². The molecule has 112 valence electrons. The lowest BCUT2D eigenvalue weighted by Gasteiger charge is -2.29. The fourth-order valence-electron chi connectivity index (χ4n) is 2.27. The number of β-amino-alcohol motifs (C(OH)–C–C–N with tert-alkyl or cyclic N) is 1. The zero-order valence-corrected chi connectivity index (χ0v) is 12.4. The van der Waals surface area contributed by atoms with Crippen LogP contribution in [0.15, 0.2) is 23.1 Å². The molecule has 7 heteroatoms. The average molecular weight is 301 g/mol. The van der Waals surface area contributed by atoms with Crippen molar-refractivity contribution in [1.29, 1.82) is 0 Å². The number of aliphatic hydroxyl groups is 1.